The molecule has 0 radical (unpaired) electrons. The van der Waals surface area contributed by atoms with Gasteiger partial charge in [-0.3, -0.25) is 0 Å². The van der Waals surface area contributed by atoms with Gasteiger partial charge >= 0.3 is 0 Å². The molecule has 4 heteroatoms. The highest BCUT2D eigenvalue weighted by atomic mass is 35.5. The van der Waals surface area contributed by atoms with Crippen LogP contribution in [0, 0.1) is 0 Å². The van der Waals surface area contributed by atoms with Crippen LogP contribution in [-0.4, -0.2) is 16.2 Å². The van der Waals surface area contributed by atoms with Gasteiger partial charge in [-0.25, -0.2) is 4.98 Å². The van der Waals surface area contributed by atoms with E-state index in [0.717, 1.165) is 12.3 Å². The summed E-state index contributed by atoms with van der Waals surface area (Å²) in [6, 6.07) is 8.21. The number of hydrogen-bond donors (Lipinski definition) is 0. The van der Waals surface area contributed by atoms with Gasteiger partial charge in [0.05, 0.1) is 6.33 Å². The minimum Gasteiger partial charge on any atom is -0.489 e. The van der Waals surface area contributed by atoms with Crippen molar-refractivity contribution in [2.75, 3.05) is 6.61 Å². The van der Waals surface area contributed by atoms with Crippen molar-refractivity contribution in [3.63, 3.8) is 0 Å². The summed E-state index contributed by atoms with van der Waals surface area (Å²) in [5, 5.41) is 0. The highest BCUT2D eigenvalue weighted by Crippen LogP contribution is 2.25. The first-order chi connectivity index (χ1) is 9.27. The van der Waals surface area contributed by atoms with E-state index in [1.807, 2.05) is 29.0 Å². The van der Waals surface area contributed by atoms with Gasteiger partial charge in [0.2, 0.25) is 0 Å². The Morgan fingerprint density at radius 1 is 1.25 bits per heavy atom. The lowest BCUT2D eigenvalue weighted by molar-refractivity contribution is 0.356. The molecule has 0 bridgehead atoms. The molecule has 0 N–H and O–H groups in total. The first-order valence-electron chi connectivity index (χ1n) is 6.60. The first kappa shape index (κ1) is 16.3. The van der Waals surface area contributed by atoms with E-state index in [1.165, 1.54) is 5.56 Å². The van der Waals surface area contributed by atoms with E-state index in [-0.39, 0.29) is 12.4 Å². The second-order valence-corrected chi connectivity index (χ2v) is 4.73. The van der Waals surface area contributed by atoms with E-state index in [2.05, 4.69) is 37.0 Å². The molecule has 0 aliphatic heterocycles. The van der Waals surface area contributed by atoms with E-state index in [1.54, 1.807) is 12.5 Å². The van der Waals surface area contributed by atoms with Crippen LogP contribution >= 0.6 is 12.4 Å². The van der Waals surface area contributed by atoms with E-state index >= 15 is 0 Å². The van der Waals surface area contributed by atoms with Crippen LogP contribution in [0.3, 0.4) is 0 Å². The normalized spacial score (nSPS) is 10.8. The third-order valence-electron chi connectivity index (χ3n) is 2.92. The van der Waals surface area contributed by atoms with Crippen LogP contribution in [0.15, 0.2) is 55.1 Å². The molecular formula is C16H21ClN2O. The number of rotatable bonds is 6. The van der Waals surface area contributed by atoms with Crippen LogP contribution in [0.4, 0.5) is 0 Å². The van der Waals surface area contributed by atoms with Crippen LogP contribution in [0.5, 0.6) is 5.75 Å². The second kappa shape index (κ2) is 8.43. The Balaban J connectivity index is 0.00000200. The predicted octanol–water partition coefficient (Wildman–Crippen LogP) is 4.06. The molecule has 108 valence electrons. The summed E-state index contributed by atoms with van der Waals surface area (Å²) in [4.78, 5) is 4.00. The van der Waals surface area contributed by atoms with Crippen LogP contribution in [0.1, 0.15) is 25.3 Å². The monoisotopic (exact) mass is 292 g/mol. The quantitative estimate of drug-likeness (QED) is 0.751. The summed E-state index contributed by atoms with van der Waals surface area (Å²) in [7, 11) is 0. The molecule has 1 aromatic carbocycles. The van der Waals surface area contributed by atoms with Crippen molar-refractivity contribution in [3.05, 3.63) is 60.7 Å². The van der Waals surface area contributed by atoms with Crippen molar-refractivity contribution in [2.45, 2.75) is 26.3 Å². The number of ether oxygens (including phenoxy) is 1. The van der Waals surface area contributed by atoms with Crippen LogP contribution < -0.4 is 4.74 Å². The van der Waals surface area contributed by atoms with Crippen molar-refractivity contribution in [3.8, 4) is 5.75 Å². The zero-order valence-corrected chi connectivity index (χ0v) is 12.7. The van der Waals surface area contributed by atoms with Gasteiger partial charge in [-0.2, -0.15) is 0 Å². The molecule has 0 unspecified atom stereocenters. The Bertz CT molecular complexity index is 521. The van der Waals surface area contributed by atoms with Crippen LogP contribution in [0.2, 0.25) is 0 Å². The molecule has 3 nitrogen and oxygen atoms in total. The van der Waals surface area contributed by atoms with Crippen molar-refractivity contribution < 1.29 is 4.74 Å². The number of imidazole rings is 1. The van der Waals surface area contributed by atoms with Gasteiger partial charge in [0, 0.05) is 18.9 Å². The van der Waals surface area contributed by atoms with Gasteiger partial charge in [0.1, 0.15) is 12.4 Å². The summed E-state index contributed by atoms with van der Waals surface area (Å²) >= 11 is 0. The Hall–Kier alpha value is -1.74. The smallest absolute Gasteiger partial charge is 0.123 e. The number of nitrogens with zero attached hydrogens (tertiary/aromatic N) is 2. The maximum Gasteiger partial charge on any atom is 0.123 e. The fraction of sp³-hybridized carbons (Fsp3) is 0.312. The molecule has 0 atom stereocenters. The summed E-state index contributed by atoms with van der Waals surface area (Å²) in [5.41, 5.74) is 1.26. The molecule has 1 aromatic heterocycles. The van der Waals surface area contributed by atoms with E-state index < -0.39 is 0 Å². The highest BCUT2D eigenvalue weighted by Gasteiger charge is 2.05. The Labute approximate surface area is 126 Å². The molecule has 0 amide bonds. The second-order valence-electron chi connectivity index (χ2n) is 4.73. The maximum atomic E-state index is 5.81. The minimum absolute atomic E-state index is 0. The number of allylic oxidation sites excluding steroid dienone is 1. The molecule has 20 heavy (non-hydrogen) atoms. The molecule has 0 aliphatic carbocycles. The zero-order chi connectivity index (χ0) is 13.5. The number of hydrogen-bond acceptors (Lipinski definition) is 2. The topological polar surface area (TPSA) is 27.1 Å². The van der Waals surface area contributed by atoms with Crippen LogP contribution in [0.25, 0.3) is 0 Å². The van der Waals surface area contributed by atoms with Crippen LogP contribution in [-0.2, 0) is 6.54 Å². The third-order valence-corrected chi connectivity index (χ3v) is 2.92. The van der Waals surface area contributed by atoms with E-state index in [9.17, 15) is 0 Å². The summed E-state index contributed by atoms with van der Waals surface area (Å²) in [6.07, 6.45) is 9.65. The van der Waals surface area contributed by atoms with Crippen molar-refractivity contribution >= 4 is 12.4 Å². The van der Waals surface area contributed by atoms with Gasteiger partial charge in [-0.15, -0.1) is 12.4 Å². The lowest BCUT2D eigenvalue weighted by Crippen LogP contribution is -1.99. The molecule has 2 rings (SSSR count). The SMILES string of the molecule is CC(C)c1ccccc1OCC=CCn1ccnc1.Cl. The van der Waals surface area contributed by atoms with E-state index in [0.29, 0.717) is 12.5 Å². The van der Waals surface area contributed by atoms with Gasteiger partial charge in [0.15, 0.2) is 0 Å². The molecule has 0 aliphatic rings. The number of aromatic nitrogens is 2. The van der Waals surface area contributed by atoms with Crippen molar-refractivity contribution in [2.24, 2.45) is 0 Å². The van der Waals surface area contributed by atoms with Gasteiger partial charge < -0.3 is 9.30 Å². The van der Waals surface area contributed by atoms with Gasteiger partial charge in [-0.05, 0) is 23.6 Å². The average molecular weight is 293 g/mol. The summed E-state index contributed by atoms with van der Waals surface area (Å²) < 4.78 is 7.82. The Morgan fingerprint density at radius 3 is 2.75 bits per heavy atom. The first-order valence-corrected chi connectivity index (χ1v) is 6.60. The average Bonchev–Trinajstić information content (AvgIpc) is 2.92. The Kier molecular flexibility index (Phi) is 6.88. The van der Waals surface area contributed by atoms with Gasteiger partial charge in [0.25, 0.3) is 0 Å². The Morgan fingerprint density at radius 2 is 2.05 bits per heavy atom. The van der Waals surface area contributed by atoms with Crippen molar-refractivity contribution in [1.82, 2.24) is 9.55 Å². The molecule has 2 aromatic rings. The summed E-state index contributed by atoms with van der Waals surface area (Å²) in [5.74, 6) is 1.45. The molecule has 0 saturated heterocycles. The lowest BCUT2D eigenvalue weighted by Gasteiger charge is -2.12. The minimum atomic E-state index is 0. The number of para-hydroxylation sites is 1. The number of halogens is 1. The standard InChI is InChI=1S/C16H20N2O.ClH/c1-14(2)15-7-3-4-8-16(15)19-12-6-5-10-18-11-9-17-13-18;/h3-9,11,13-14H,10,12H2,1-2H3;1H. The third kappa shape index (κ3) is 4.74. The van der Waals surface area contributed by atoms with Crippen molar-refractivity contribution in [1.29, 1.82) is 0 Å². The fourth-order valence-corrected chi connectivity index (χ4v) is 1.89. The largest absolute Gasteiger partial charge is 0.489 e. The number of benzene rings is 1. The molecular weight excluding hydrogens is 272 g/mol. The highest BCUT2D eigenvalue weighted by molar-refractivity contribution is 5.85. The molecule has 1 heterocycles. The fourth-order valence-electron chi connectivity index (χ4n) is 1.89. The predicted molar refractivity (Wildman–Crippen MR) is 84.6 cm³/mol. The zero-order valence-electron chi connectivity index (χ0n) is 11.9. The molecule has 0 spiro atoms. The van der Waals surface area contributed by atoms with E-state index in [4.69, 9.17) is 4.74 Å². The lowest BCUT2D eigenvalue weighted by atomic mass is 10.0. The van der Waals surface area contributed by atoms with Gasteiger partial charge in [-0.1, -0.05) is 38.1 Å². The summed E-state index contributed by atoms with van der Waals surface area (Å²) in [6.45, 7) is 5.78. The molecule has 0 saturated carbocycles. The molecule has 0 fully saturated rings. The maximum absolute atomic E-state index is 5.81.